The van der Waals surface area contributed by atoms with Gasteiger partial charge in [-0.05, 0) is 36.3 Å². The SMILES string of the molecule is COCCOCOCC(C=O)(CO[Si](C)(C)C(C)(C)C)CO[Si](C)(C)C(C)(C)C. The molecule has 0 aromatic heterocycles. The lowest BCUT2D eigenvalue weighted by Crippen LogP contribution is -2.50. The van der Waals surface area contributed by atoms with Gasteiger partial charge in [0.05, 0.1) is 38.4 Å². The highest BCUT2D eigenvalue weighted by atomic mass is 28.4. The summed E-state index contributed by atoms with van der Waals surface area (Å²) in [4.78, 5) is 12.3. The summed E-state index contributed by atoms with van der Waals surface area (Å²) in [5.41, 5.74) is -0.852. The molecule has 0 aliphatic carbocycles. The van der Waals surface area contributed by atoms with Crippen LogP contribution in [0.5, 0.6) is 0 Å². The van der Waals surface area contributed by atoms with Gasteiger partial charge in [0.25, 0.3) is 0 Å². The third kappa shape index (κ3) is 9.71. The highest BCUT2D eigenvalue weighted by Gasteiger charge is 2.43. The summed E-state index contributed by atoms with van der Waals surface area (Å²) in [5, 5.41) is 0.123. The van der Waals surface area contributed by atoms with Gasteiger partial charge >= 0.3 is 0 Å². The molecule has 0 aliphatic rings. The van der Waals surface area contributed by atoms with E-state index in [1.54, 1.807) is 7.11 Å². The lowest BCUT2D eigenvalue weighted by atomic mass is 9.94. The maximum absolute atomic E-state index is 12.3. The van der Waals surface area contributed by atoms with Crippen LogP contribution in [0.2, 0.25) is 36.3 Å². The van der Waals surface area contributed by atoms with Crippen molar-refractivity contribution in [2.45, 2.75) is 77.8 Å². The van der Waals surface area contributed by atoms with E-state index in [0.29, 0.717) is 26.4 Å². The van der Waals surface area contributed by atoms with E-state index in [2.05, 4.69) is 67.7 Å². The fourth-order valence-corrected chi connectivity index (χ4v) is 3.98. The highest BCUT2D eigenvalue weighted by Crippen LogP contribution is 2.39. The summed E-state index contributed by atoms with van der Waals surface area (Å²) in [7, 11) is -2.41. The Kier molecular flexibility index (Phi) is 11.5. The molecule has 0 heterocycles. The molecule has 0 atom stereocenters. The van der Waals surface area contributed by atoms with Crippen molar-refractivity contribution in [3.63, 3.8) is 0 Å². The number of carbonyl (C=O) groups is 1. The largest absolute Gasteiger partial charge is 0.416 e. The molecule has 174 valence electrons. The van der Waals surface area contributed by atoms with Crippen LogP contribution < -0.4 is 0 Å². The summed E-state index contributed by atoms with van der Waals surface area (Å²) in [5.74, 6) is 0. The number of ether oxygens (including phenoxy) is 3. The Morgan fingerprint density at radius 1 is 0.724 bits per heavy atom. The smallest absolute Gasteiger partial charge is 0.192 e. The molecular weight excluding hydrogens is 404 g/mol. The first kappa shape index (κ1) is 28.9. The van der Waals surface area contributed by atoms with Crippen molar-refractivity contribution in [1.29, 1.82) is 0 Å². The normalized spacial score (nSPS) is 14.3. The van der Waals surface area contributed by atoms with Gasteiger partial charge in [-0.3, -0.25) is 0 Å². The Bertz CT molecular complexity index is 451. The van der Waals surface area contributed by atoms with Crippen LogP contribution in [0.1, 0.15) is 41.5 Å². The topological polar surface area (TPSA) is 63.2 Å². The van der Waals surface area contributed by atoms with E-state index in [0.717, 1.165) is 6.29 Å². The number of hydrogen-bond acceptors (Lipinski definition) is 6. The van der Waals surface area contributed by atoms with E-state index in [-0.39, 0.29) is 23.5 Å². The Hall–Kier alpha value is -0.0962. The number of rotatable bonds is 14. The van der Waals surface area contributed by atoms with Crippen molar-refractivity contribution in [3.8, 4) is 0 Å². The molecule has 0 N–H and O–H groups in total. The van der Waals surface area contributed by atoms with E-state index >= 15 is 0 Å². The average molecular weight is 451 g/mol. The summed E-state index contributed by atoms with van der Waals surface area (Å²) >= 11 is 0. The van der Waals surface area contributed by atoms with Gasteiger partial charge in [-0.25, -0.2) is 0 Å². The predicted molar refractivity (Wildman–Crippen MR) is 123 cm³/mol. The highest BCUT2D eigenvalue weighted by molar-refractivity contribution is 6.74. The zero-order valence-electron chi connectivity index (χ0n) is 20.8. The Balaban J connectivity index is 5.24. The average Bonchev–Trinajstić information content (AvgIpc) is 2.58. The second-order valence-corrected chi connectivity index (χ2v) is 20.6. The summed E-state index contributed by atoms with van der Waals surface area (Å²) in [6, 6.07) is 0. The summed E-state index contributed by atoms with van der Waals surface area (Å²) in [6.07, 6.45) is 0.947. The molecule has 0 aromatic rings. The van der Waals surface area contributed by atoms with E-state index in [1.807, 2.05) is 0 Å². The molecule has 29 heavy (non-hydrogen) atoms. The van der Waals surface area contributed by atoms with Crippen molar-refractivity contribution in [1.82, 2.24) is 0 Å². The van der Waals surface area contributed by atoms with Crippen LogP contribution in [-0.4, -0.2) is 69.9 Å². The van der Waals surface area contributed by atoms with E-state index in [1.165, 1.54) is 0 Å². The molecule has 8 heteroatoms. The van der Waals surface area contributed by atoms with Crippen LogP contribution in [0, 0.1) is 5.41 Å². The fraction of sp³-hybridized carbons (Fsp3) is 0.952. The maximum atomic E-state index is 12.3. The molecule has 0 saturated carbocycles. The quantitative estimate of drug-likeness (QED) is 0.163. The van der Waals surface area contributed by atoms with Crippen molar-refractivity contribution < 1.29 is 27.9 Å². The number of carbonyl (C=O) groups excluding carboxylic acids is 1. The second-order valence-electron chi connectivity index (χ2n) is 10.9. The molecule has 0 radical (unpaired) electrons. The standard InChI is InChI=1S/C21H46O6Si2/c1-19(2,3)28(8,9)26-16-21(14-22,15-25-18-24-13-12-23-7)17-27-29(10,11)20(4,5)6/h14H,12-13,15-18H2,1-11H3. The molecule has 0 rings (SSSR count). The maximum Gasteiger partial charge on any atom is 0.192 e. The van der Waals surface area contributed by atoms with Gasteiger partial charge in [0.2, 0.25) is 0 Å². The monoisotopic (exact) mass is 450 g/mol. The minimum absolute atomic E-state index is 0.0615. The minimum Gasteiger partial charge on any atom is -0.416 e. The van der Waals surface area contributed by atoms with Crippen LogP contribution in [0.15, 0.2) is 0 Å². The van der Waals surface area contributed by atoms with Crippen molar-refractivity contribution in [3.05, 3.63) is 0 Å². The van der Waals surface area contributed by atoms with Gasteiger partial charge in [0.1, 0.15) is 13.1 Å². The third-order valence-corrected chi connectivity index (χ3v) is 15.2. The van der Waals surface area contributed by atoms with Crippen molar-refractivity contribution >= 4 is 22.9 Å². The lowest BCUT2D eigenvalue weighted by molar-refractivity contribution is -0.134. The number of hydrogen-bond donors (Lipinski definition) is 0. The van der Waals surface area contributed by atoms with Gasteiger partial charge in [-0.15, -0.1) is 0 Å². The van der Waals surface area contributed by atoms with Gasteiger partial charge < -0.3 is 27.9 Å². The molecule has 0 amide bonds. The van der Waals surface area contributed by atoms with Crippen LogP contribution in [0.3, 0.4) is 0 Å². The zero-order chi connectivity index (χ0) is 23.0. The summed E-state index contributed by atoms with van der Waals surface area (Å²) < 4.78 is 28.8. The molecule has 0 saturated heterocycles. The molecule has 0 fully saturated rings. The zero-order valence-corrected chi connectivity index (χ0v) is 22.8. The van der Waals surface area contributed by atoms with Crippen molar-refractivity contribution in [2.24, 2.45) is 5.41 Å². The van der Waals surface area contributed by atoms with Crippen LogP contribution in [0.25, 0.3) is 0 Å². The Morgan fingerprint density at radius 2 is 1.17 bits per heavy atom. The van der Waals surface area contributed by atoms with Crippen molar-refractivity contribution in [2.75, 3.05) is 46.9 Å². The minimum atomic E-state index is -2.01. The molecule has 0 spiro atoms. The fourth-order valence-electron chi connectivity index (χ4n) is 1.81. The van der Waals surface area contributed by atoms with Crippen LogP contribution in [0.4, 0.5) is 0 Å². The lowest BCUT2D eigenvalue weighted by Gasteiger charge is -2.42. The van der Waals surface area contributed by atoms with E-state index in [4.69, 9.17) is 23.1 Å². The van der Waals surface area contributed by atoms with E-state index in [9.17, 15) is 4.79 Å². The second kappa shape index (κ2) is 11.5. The Morgan fingerprint density at radius 3 is 1.52 bits per heavy atom. The van der Waals surface area contributed by atoms with Crippen LogP contribution >= 0.6 is 0 Å². The predicted octanol–water partition coefficient (Wildman–Crippen LogP) is 4.85. The molecular formula is C21H46O6Si2. The van der Waals surface area contributed by atoms with Gasteiger partial charge in [0, 0.05) is 7.11 Å². The first-order valence-corrected chi connectivity index (χ1v) is 16.2. The number of aldehydes is 1. The summed E-state index contributed by atoms with van der Waals surface area (Å²) in [6.45, 7) is 23.7. The third-order valence-electron chi connectivity index (χ3n) is 6.29. The van der Waals surface area contributed by atoms with Gasteiger partial charge in [-0.1, -0.05) is 41.5 Å². The van der Waals surface area contributed by atoms with Crippen LogP contribution in [-0.2, 0) is 27.9 Å². The molecule has 0 bridgehead atoms. The molecule has 0 aromatic carbocycles. The Labute approximate surface area is 181 Å². The molecule has 6 nitrogen and oxygen atoms in total. The van der Waals surface area contributed by atoms with E-state index < -0.39 is 22.0 Å². The number of methoxy groups -OCH3 is 1. The van der Waals surface area contributed by atoms with Gasteiger partial charge in [0.15, 0.2) is 16.6 Å². The van der Waals surface area contributed by atoms with Gasteiger partial charge in [-0.2, -0.15) is 0 Å². The molecule has 0 aliphatic heterocycles. The molecule has 0 unspecified atom stereocenters. The first-order valence-electron chi connectivity index (χ1n) is 10.4. The first-order chi connectivity index (χ1) is 13.0.